The average molecular weight is 320 g/mol. The number of carbonyl (C=O) groups is 1. The molecule has 7 heteroatoms. The first-order valence-electron chi connectivity index (χ1n) is 6.91. The lowest BCUT2D eigenvalue weighted by Gasteiger charge is -2.34. The Labute approximate surface area is 134 Å². The number of benzene rings is 1. The van der Waals surface area contributed by atoms with E-state index in [2.05, 4.69) is 10.2 Å². The van der Waals surface area contributed by atoms with Crippen LogP contribution in [0, 0.1) is 11.3 Å². The molecule has 0 atom stereocenters. The molecule has 0 bridgehead atoms. The first-order chi connectivity index (χ1) is 10.5. The Hall–Kier alpha value is -2.23. The molecule has 6 nitrogen and oxygen atoms in total. The van der Waals surface area contributed by atoms with Gasteiger partial charge in [0.05, 0.1) is 0 Å². The van der Waals surface area contributed by atoms with E-state index in [0.29, 0.717) is 23.8 Å². The molecule has 1 saturated heterocycles. The summed E-state index contributed by atoms with van der Waals surface area (Å²) in [6, 6.07) is 8.57. The molecule has 0 saturated carbocycles. The van der Waals surface area contributed by atoms with E-state index in [9.17, 15) is 10.1 Å². The molecule has 0 unspecified atom stereocenters. The molecule has 3 N–H and O–H groups in total. The van der Waals surface area contributed by atoms with Crippen molar-refractivity contribution < 1.29 is 4.79 Å². The highest BCUT2D eigenvalue weighted by atomic mass is 35.5. The third-order valence-electron chi connectivity index (χ3n) is 3.54. The lowest BCUT2D eigenvalue weighted by molar-refractivity contribution is -0.112. The highest BCUT2D eigenvalue weighted by Crippen LogP contribution is 2.15. The molecule has 0 aromatic heterocycles. The van der Waals surface area contributed by atoms with Crippen LogP contribution in [0.2, 0.25) is 5.02 Å². The zero-order valence-electron chi connectivity index (χ0n) is 12.3. The molecular formula is C15H18ClN5O. The number of hydrogen-bond donors (Lipinski definition) is 2. The molecule has 1 aliphatic rings. The number of nitriles is 1. The Morgan fingerprint density at radius 1 is 1.27 bits per heavy atom. The second-order valence-corrected chi connectivity index (χ2v) is 5.56. The van der Waals surface area contributed by atoms with Gasteiger partial charge in [-0.1, -0.05) is 11.6 Å². The summed E-state index contributed by atoms with van der Waals surface area (Å²) >= 11 is 5.80. The topological polar surface area (TPSA) is 85.4 Å². The van der Waals surface area contributed by atoms with Crippen LogP contribution in [0.5, 0.6) is 0 Å². The number of halogens is 1. The Kier molecular flexibility index (Phi) is 5.26. The monoisotopic (exact) mass is 319 g/mol. The third-order valence-corrected chi connectivity index (χ3v) is 3.79. The molecular weight excluding hydrogens is 302 g/mol. The van der Waals surface area contributed by atoms with Crippen molar-refractivity contribution in [3.63, 3.8) is 0 Å². The minimum absolute atomic E-state index is 0.0699. The lowest BCUT2D eigenvalue weighted by Crippen LogP contribution is -2.46. The molecule has 22 heavy (non-hydrogen) atoms. The Morgan fingerprint density at radius 2 is 1.86 bits per heavy atom. The van der Waals surface area contributed by atoms with E-state index < -0.39 is 5.91 Å². The summed E-state index contributed by atoms with van der Waals surface area (Å²) in [5, 5.41) is 12.5. The van der Waals surface area contributed by atoms with Gasteiger partial charge in [-0.05, 0) is 31.3 Å². The summed E-state index contributed by atoms with van der Waals surface area (Å²) in [5.41, 5.74) is 6.50. The van der Waals surface area contributed by atoms with Crippen LogP contribution in [-0.4, -0.2) is 48.9 Å². The maximum absolute atomic E-state index is 12.2. The SMILES string of the molecule is CN1CCN(/C(N)=C(/C#N)C(=O)Nc2ccc(Cl)cc2)CC1. The molecule has 0 aliphatic carbocycles. The molecule has 0 radical (unpaired) electrons. The third kappa shape index (κ3) is 3.91. The lowest BCUT2D eigenvalue weighted by atomic mass is 10.2. The number of likely N-dealkylation sites (N-methyl/N-ethyl adjacent to an activating group) is 1. The van der Waals surface area contributed by atoms with Crippen molar-refractivity contribution in [1.82, 2.24) is 9.80 Å². The normalized spacial score (nSPS) is 16.7. The van der Waals surface area contributed by atoms with Crippen molar-refractivity contribution in [2.45, 2.75) is 0 Å². The van der Waals surface area contributed by atoms with E-state index >= 15 is 0 Å². The summed E-state index contributed by atoms with van der Waals surface area (Å²) < 4.78 is 0. The molecule has 116 valence electrons. The van der Waals surface area contributed by atoms with Gasteiger partial charge in [0.2, 0.25) is 0 Å². The highest BCUT2D eigenvalue weighted by Gasteiger charge is 2.21. The average Bonchev–Trinajstić information content (AvgIpc) is 2.51. The van der Waals surface area contributed by atoms with Gasteiger partial charge in [0.15, 0.2) is 5.57 Å². The predicted molar refractivity (Wildman–Crippen MR) is 86.0 cm³/mol. The van der Waals surface area contributed by atoms with Gasteiger partial charge in [-0.2, -0.15) is 5.26 Å². The molecule has 2 rings (SSSR count). The molecule has 1 heterocycles. The summed E-state index contributed by atoms with van der Waals surface area (Å²) in [6.07, 6.45) is 0. The number of rotatable bonds is 3. The van der Waals surface area contributed by atoms with Gasteiger partial charge in [-0.25, -0.2) is 0 Å². The zero-order chi connectivity index (χ0) is 16.1. The number of carbonyl (C=O) groups excluding carboxylic acids is 1. The maximum atomic E-state index is 12.2. The second-order valence-electron chi connectivity index (χ2n) is 5.12. The largest absolute Gasteiger partial charge is 0.384 e. The quantitative estimate of drug-likeness (QED) is 0.646. The van der Waals surface area contributed by atoms with Crippen LogP contribution < -0.4 is 11.1 Å². The van der Waals surface area contributed by atoms with Crippen molar-refractivity contribution in [3.05, 3.63) is 40.7 Å². The molecule has 1 aromatic carbocycles. The van der Waals surface area contributed by atoms with Crippen molar-refractivity contribution in [3.8, 4) is 6.07 Å². The number of hydrogen-bond acceptors (Lipinski definition) is 5. The van der Waals surface area contributed by atoms with E-state index in [1.807, 2.05) is 18.0 Å². The molecule has 1 aromatic rings. The van der Waals surface area contributed by atoms with E-state index in [-0.39, 0.29) is 11.4 Å². The highest BCUT2D eigenvalue weighted by molar-refractivity contribution is 6.30. The smallest absolute Gasteiger partial charge is 0.270 e. The zero-order valence-corrected chi connectivity index (χ0v) is 13.1. The fraction of sp³-hybridized carbons (Fsp3) is 0.333. The first kappa shape index (κ1) is 16.1. The number of anilines is 1. The fourth-order valence-electron chi connectivity index (χ4n) is 2.16. The summed E-state index contributed by atoms with van der Waals surface area (Å²) in [5.74, 6) is -0.289. The van der Waals surface area contributed by atoms with Crippen LogP contribution in [0.15, 0.2) is 35.7 Å². The Balaban J connectivity index is 2.12. The van der Waals surface area contributed by atoms with Crippen LogP contribution in [0.1, 0.15) is 0 Å². The number of nitrogens with zero attached hydrogens (tertiary/aromatic N) is 3. The van der Waals surface area contributed by atoms with Gasteiger partial charge in [-0.15, -0.1) is 0 Å². The van der Waals surface area contributed by atoms with Gasteiger partial charge < -0.3 is 20.9 Å². The number of nitrogens with two attached hydrogens (primary N) is 1. The van der Waals surface area contributed by atoms with Crippen LogP contribution >= 0.6 is 11.6 Å². The van der Waals surface area contributed by atoms with Crippen LogP contribution in [-0.2, 0) is 4.79 Å². The van der Waals surface area contributed by atoms with Crippen LogP contribution in [0.4, 0.5) is 5.69 Å². The minimum Gasteiger partial charge on any atom is -0.384 e. The van der Waals surface area contributed by atoms with Crippen molar-refractivity contribution in [2.75, 3.05) is 38.5 Å². The van der Waals surface area contributed by atoms with Gasteiger partial charge in [0.25, 0.3) is 5.91 Å². The molecule has 1 aliphatic heterocycles. The minimum atomic E-state index is -0.513. The number of piperazine rings is 1. The standard InChI is InChI=1S/C15H18ClN5O/c1-20-6-8-21(9-7-20)14(18)13(10-17)15(22)19-12-4-2-11(16)3-5-12/h2-5H,6-9,18H2,1H3,(H,19,22)/b14-13-. The van der Waals surface area contributed by atoms with Crippen molar-refractivity contribution >= 4 is 23.2 Å². The predicted octanol–water partition coefficient (Wildman–Crippen LogP) is 1.22. The molecule has 0 spiro atoms. The van der Waals surface area contributed by atoms with Gasteiger partial charge >= 0.3 is 0 Å². The summed E-state index contributed by atoms with van der Waals surface area (Å²) in [4.78, 5) is 16.3. The second kappa shape index (κ2) is 7.16. The van der Waals surface area contributed by atoms with Gasteiger partial charge in [-0.3, -0.25) is 4.79 Å². The molecule has 1 fully saturated rings. The Bertz CT molecular complexity index is 612. The fourth-order valence-corrected chi connectivity index (χ4v) is 2.28. The van der Waals surface area contributed by atoms with E-state index in [1.165, 1.54) is 0 Å². The van der Waals surface area contributed by atoms with Crippen LogP contribution in [0.25, 0.3) is 0 Å². The van der Waals surface area contributed by atoms with E-state index in [1.54, 1.807) is 24.3 Å². The molecule has 1 amide bonds. The first-order valence-corrected chi connectivity index (χ1v) is 7.29. The van der Waals surface area contributed by atoms with E-state index in [4.69, 9.17) is 17.3 Å². The van der Waals surface area contributed by atoms with E-state index in [0.717, 1.165) is 13.1 Å². The number of nitrogens with one attached hydrogen (secondary N) is 1. The Morgan fingerprint density at radius 3 is 2.41 bits per heavy atom. The van der Waals surface area contributed by atoms with Gasteiger partial charge in [0.1, 0.15) is 11.9 Å². The van der Waals surface area contributed by atoms with Crippen LogP contribution in [0.3, 0.4) is 0 Å². The maximum Gasteiger partial charge on any atom is 0.270 e. The van der Waals surface area contributed by atoms with Gasteiger partial charge in [0, 0.05) is 36.9 Å². The van der Waals surface area contributed by atoms with Crippen molar-refractivity contribution in [2.24, 2.45) is 5.73 Å². The summed E-state index contributed by atoms with van der Waals surface area (Å²) in [6.45, 7) is 3.08. The summed E-state index contributed by atoms with van der Waals surface area (Å²) in [7, 11) is 2.02. The van der Waals surface area contributed by atoms with Crippen molar-refractivity contribution in [1.29, 1.82) is 5.26 Å². The number of amides is 1.